The third-order valence-corrected chi connectivity index (χ3v) is 3.95. The minimum absolute atomic E-state index is 0.0127. The fourth-order valence-corrected chi connectivity index (χ4v) is 2.39. The number of aromatic nitrogens is 2. The number of hydrogen-bond acceptors (Lipinski definition) is 5. The number of rotatable bonds is 7. The van der Waals surface area contributed by atoms with Gasteiger partial charge < -0.3 is 10.4 Å². The Labute approximate surface area is 142 Å². The first-order valence-electron chi connectivity index (χ1n) is 7.20. The number of carboxylic acid groups (broad SMARTS) is 1. The van der Waals surface area contributed by atoms with Crippen molar-refractivity contribution in [3.63, 3.8) is 0 Å². The third kappa shape index (κ3) is 4.95. The zero-order valence-electron chi connectivity index (χ0n) is 13.1. The Bertz CT molecular complexity index is 787. The molecule has 0 saturated carbocycles. The van der Waals surface area contributed by atoms with E-state index < -0.39 is 17.4 Å². The molecule has 7 nitrogen and oxygen atoms in total. The molecule has 1 aromatic carbocycles. The highest BCUT2D eigenvalue weighted by Gasteiger charge is 2.08. The van der Waals surface area contributed by atoms with Crippen LogP contribution in [0.5, 0.6) is 0 Å². The molecule has 0 spiro atoms. The normalized spacial score (nSPS) is 10.4. The van der Waals surface area contributed by atoms with E-state index in [4.69, 9.17) is 5.11 Å². The van der Waals surface area contributed by atoms with Gasteiger partial charge >= 0.3 is 5.97 Å². The molecule has 1 heterocycles. The van der Waals surface area contributed by atoms with Gasteiger partial charge in [0.1, 0.15) is 6.54 Å². The highest BCUT2D eigenvalue weighted by molar-refractivity contribution is 7.98. The number of benzene rings is 1. The molecule has 8 heteroatoms. The third-order valence-electron chi connectivity index (χ3n) is 3.21. The zero-order chi connectivity index (χ0) is 17.5. The summed E-state index contributed by atoms with van der Waals surface area (Å²) in [6, 6.07) is 10.7. The molecule has 0 aliphatic heterocycles. The van der Waals surface area contributed by atoms with Crippen LogP contribution in [0.3, 0.4) is 0 Å². The SMILES string of the molecule is CSc1ccc(-c2ccc(=O)n(CC(=O)NCCC(=O)O)n2)cc1. The van der Waals surface area contributed by atoms with E-state index in [1.165, 1.54) is 6.07 Å². The van der Waals surface area contributed by atoms with Crippen molar-refractivity contribution in [2.75, 3.05) is 12.8 Å². The van der Waals surface area contributed by atoms with Crippen molar-refractivity contribution in [3.05, 3.63) is 46.8 Å². The lowest BCUT2D eigenvalue weighted by Crippen LogP contribution is -2.34. The molecule has 0 saturated heterocycles. The van der Waals surface area contributed by atoms with Crippen LogP contribution in [0.1, 0.15) is 6.42 Å². The molecule has 126 valence electrons. The molecular formula is C16H17N3O4S. The number of thioether (sulfide) groups is 1. The molecule has 0 aliphatic carbocycles. The second-order valence-corrected chi connectivity index (χ2v) is 5.82. The van der Waals surface area contributed by atoms with Gasteiger partial charge in [-0.2, -0.15) is 5.10 Å². The van der Waals surface area contributed by atoms with E-state index in [-0.39, 0.29) is 19.5 Å². The number of carbonyl (C=O) groups is 2. The number of carboxylic acids is 1. The monoisotopic (exact) mass is 347 g/mol. The molecule has 1 aromatic heterocycles. The van der Waals surface area contributed by atoms with Crippen molar-refractivity contribution in [1.82, 2.24) is 15.1 Å². The van der Waals surface area contributed by atoms with Gasteiger partial charge in [-0.25, -0.2) is 4.68 Å². The minimum Gasteiger partial charge on any atom is -0.481 e. The molecule has 0 atom stereocenters. The van der Waals surface area contributed by atoms with E-state index in [0.29, 0.717) is 5.69 Å². The van der Waals surface area contributed by atoms with Gasteiger partial charge in [0.2, 0.25) is 5.91 Å². The molecule has 24 heavy (non-hydrogen) atoms. The number of nitrogens with one attached hydrogen (secondary N) is 1. The predicted octanol–water partition coefficient (Wildman–Crippen LogP) is 1.22. The maximum Gasteiger partial charge on any atom is 0.305 e. The number of aliphatic carboxylic acids is 1. The zero-order valence-corrected chi connectivity index (χ0v) is 13.9. The van der Waals surface area contributed by atoms with Crippen molar-refractivity contribution < 1.29 is 14.7 Å². The highest BCUT2D eigenvalue weighted by atomic mass is 32.2. The van der Waals surface area contributed by atoms with Crippen LogP contribution in [0.25, 0.3) is 11.3 Å². The summed E-state index contributed by atoms with van der Waals surface area (Å²) in [6.45, 7) is -0.242. The fourth-order valence-electron chi connectivity index (χ4n) is 1.98. The Morgan fingerprint density at radius 1 is 1.21 bits per heavy atom. The first-order chi connectivity index (χ1) is 11.5. The lowest BCUT2D eigenvalue weighted by atomic mass is 10.1. The summed E-state index contributed by atoms with van der Waals surface area (Å²) in [4.78, 5) is 35.2. The average Bonchev–Trinajstić information content (AvgIpc) is 2.56. The maximum absolute atomic E-state index is 11.8. The Morgan fingerprint density at radius 3 is 2.54 bits per heavy atom. The van der Waals surface area contributed by atoms with Crippen LogP contribution in [-0.2, 0) is 16.1 Å². The standard InChI is InChI=1S/C16H17N3O4S/c1-24-12-4-2-11(3-5-12)13-6-7-15(21)19(18-13)10-14(20)17-9-8-16(22)23/h2-7H,8-10H2,1H3,(H,17,20)(H,22,23). The van der Waals surface area contributed by atoms with E-state index in [1.54, 1.807) is 17.8 Å². The molecule has 1 amide bonds. The average molecular weight is 347 g/mol. The quantitative estimate of drug-likeness (QED) is 0.731. The summed E-state index contributed by atoms with van der Waals surface area (Å²) in [5.74, 6) is -1.46. The Hall–Kier alpha value is -2.61. The summed E-state index contributed by atoms with van der Waals surface area (Å²) in [5.41, 5.74) is 1.03. The minimum atomic E-state index is -0.999. The van der Waals surface area contributed by atoms with Crippen molar-refractivity contribution in [2.45, 2.75) is 17.9 Å². The molecule has 0 aliphatic rings. The topological polar surface area (TPSA) is 101 Å². The summed E-state index contributed by atoms with van der Waals surface area (Å²) in [7, 11) is 0. The lowest BCUT2D eigenvalue weighted by molar-refractivity contribution is -0.136. The van der Waals surface area contributed by atoms with Crippen LogP contribution in [0.4, 0.5) is 0 Å². The fraction of sp³-hybridized carbons (Fsp3) is 0.250. The largest absolute Gasteiger partial charge is 0.481 e. The summed E-state index contributed by atoms with van der Waals surface area (Å²) in [5, 5.41) is 15.2. The molecule has 0 fully saturated rings. The van der Waals surface area contributed by atoms with Crippen LogP contribution < -0.4 is 10.9 Å². The van der Waals surface area contributed by atoms with Gasteiger partial charge in [0.25, 0.3) is 5.56 Å². The van der Waals surface area contributed by atoms with E-state index in [9.17, 15) is 14.4 Å². The van der Waals surface area contributed by atoms with Gasteiger partial charge in [0, 0.05) is 23.1 Å². The van der Waals surface area contributed by atoms with Gasteiger partial charge in [-0.15, -0.1) is 11.8 Å². The Balaban J connectivity index is 2.11. The number of carbonyl (C=O) groups excluding carboxylic acids is 1. The molecule has 0 unspecified atom stereocenters. The number of amides is 1. The van der Waals surface area contributed by atoms with Crippen molar-refractivity contribution >= 4 is 23.6 Å². The van der Waals surface area contributed by atoms with E-state index in [0.717, 1.165) is 15.1 Å². The maximum atomic E-state index is 11.8. The van der Waals surface area contributed by atoms with Crippen molar-refractivity contribution in [1.29, 1.82) is 0 Å². The molecular weight excluding hydrogens is 330 g/mol. The highest BCUT2D eigenvalue weighted by Crippen LogP contribution is 2.20. The van der Waals surface area contributed by atoms with Gasteiger partial charge in [0.15, 0.2) is 0 Å². The molecule has 0 bridgehead atoms. The first kappa shape index (κ1) is 17.7. The molecule has 2 N–H and O–H groups in total. The van der Waals surface area contributed by atoms with E-state index in [1.807, 2.05) is 30.5 Å². The van der Waals surface area contributed by atoms with Crippen LogP contribution in [0.2, 0.25) is 0 Å². The second-order valence-electron chi connectivity index (χ2n) is 4.94. The number of hydrogen-bond donors (Lipinski definition) is 2. The lowest BCUT2D eigenvalue weighted by Gasteiger charge is -2.08. The van der Waals surface area contributed by atoms with Crippen molar-refractivity contribution in [3.8, 4) is 11.3 Å². The summed E-state index contributed by atoms with van der Waals surface area (Å²) < 4.78 is 1.06. The van der Waals surface area contributed by atoms with Gasteiger partial charge in [-0.1, -0.05) is 12.1 Å². The number of nitrogens with zero attached hydrogens (tertiary/aromatic N) is 2. The van der Waals surface area contributed by atoms with Crippen LogP contribution >= 0.6 is 11.8 Å². The van der Waals surface area contributed by atoms with E-state index in [2.05, 4.69) is 10.4 Å². The van der Waals surface area contributed by atoms with Crippen LogP contribution in [0, 0.1) is 0 Å². The summed E-state index contributed by atoms with van der Waals surface area (Å²) >= 11 is 1.63. The molecule has 0 radical (unpaired) electrons. The second kappa shape index (κ2) is 8.30. The smallest absolute Gasteiger partial charge is 0.305 e. The Kier molecular flexibility index (Phi) is 6.14. The van der Waals surface area contributed by atoms with Crippen LogP contribution in [-0.4, -0.2) is 39.6 Å². The molecule has 2 aromatic rings. The Morgan fingerprint density at radius 2 is 1.92 bits per heavy atom. The van der Waals surface area contributed by atoms with Crippen molar-refractivity contribution in [2.24, 2.45) is 0 Å². The van der Waals surface area contributed by atoms with Gasteiger partial charge in [-0.3, -0.25) is 14.4 Å². The van der Waals surface area contributed by atoms with E-state index >= 15 is 0 Å². The predicted molar refractivity (Wildman–Crippen MR) is 91.0 cm³/mol. The first-order valence-corrected chi connectivity index (χ1v) is 8.43. The van der Waals surface area contributed by atoms with Crippen LogP contribution in [0.15, 0.2) is 46.1 Å². The van der Waals surface area contributed by atoms with Gasteiger partial charge in [0.05, 0.1) is 12.1 Å². The molecule has 2 rings (SSSR count). The summed E-state index contributed by atoms with van der Waals surface area (Å²) in [6.07, 6.45) is 1.81. The van der Waals surface area contributed by atoms with Gasteiger partial charge in [-0.05, 0) is 24.5 Å².